The van der Waals surface area contributed by atoms with Gasteiger partial charge in [0.15, 0.2) is 0 Å². The van der Waals surface area contributed by atoms with Gasteiger partial charge in [-0.1, -0.05) is 6.07 Å². The zero-order valence-electron chi connectivity index (χ0n) is 8.05. The number of pyridine rings is 1. The molecule has 1 aromatic heterocycles. The Morgan fingerprint density at radius 2 is 2.21 bits per heavy atom. The SMILES string of the molecule is CC(=O)O.NCC(N)c1ccccn1. The van der Waals surface area contributed by atoms with Gasteiger partial charge in [-0.3, -0.25) is 9.78 Å². The highest BCUT2D eigenvalue weighted by molar-refractivity contribution is 5.62. The van der Waals surface area contributed by atoms with E-state index in [1.165, 1.54) is 0 Å². The number of hydrogen-bond acceptors (Lipinski definition) is 4. The smallest absolute Gasteiger partial charge is 0.300 e. The molecule has 1 atom stereocenters. The number of carboxylic acid groups (broad SMARTS) is 1. The molecule has 1 aromatic rings. The Morgan fingerprint density at radius 3 is 2.57 bits per heavy atom. The molecule has 0 aromatic carbocycles. The Hall–Kier alpha value is -1.46. The van der Waals surface area contributed by atoms with Crippen molar-refractivity contribution in [1.29, 1.82) is 0 Å². The monoisotopic (exact) mass is 197 g/mol. The Morgan fingerprint density at radius 1 is 1.64 bits per heavy atom. The molecule has 5 nitrogen and oxygen atoms in total. The van der Waals surface area contributed by atoms with E-state index >= 15 is 0 Å². The molecule has 0 radical (unpaired) electrons. The van der Waals surface area contributed by atoms with Crippen molar-refractivity contribution >= 4 is 5.97 Å². The van der Waals surface area contributed by atoms with Crippen molar-refractivity contribution in [2.75, 3.05) is 6.54 Å². The van der Waals surface area contributed by atoms with Gasteiger partial charge in [-0.15, -0.1) is 0 Å². The van der Waals surface area contributed by atoms with Crippen LogP contribution < -0.4 is 11.5 Å². The van der Waals surface area contributed by atoms with Crippen molar-refractivity contribution in [2.24, 2.45) is 11.5 Å². The van der Waals surface area contributed by atoms with E-state index in [9.17, 15) is 0 Å². The Balaban J connectivity index is 0.000000364. The number of carboxylic acids is 1. The fraction of sp³-hybridized carbons (Fsp3) is 0.333. The van der Waals surface area contributed by atoms with Gasteiger partial charge >= 0.3 is 0 Å². The molecule has 0 fully saturated rings. The van der Waals surface area contributed by atoms with Gasteiger partial charge in [0.2, 0.25) is 0 Å². The molecule has 0 saturated heterocycles. The number of hydrogen-bond donors (Lipinski definition) is 3. The molecular formula is C9H15N3O2. The molecule has 0 aliphatic heterocycles. The first-order chi connectivity index (χ1) is 6.57. The third-order valence-corrected chi connectivity index (χ3v) is 1.32. The summed E-state index contributed by atoms with van der Waals surface area (Å²) < 4.78 is 0. The van der Waals surface area contributed by atoms with E-state index in [2.05, 4.69) is 4.98 Å². The summed E-state index contributed by atoms with van der Waals surface area (Å²) in [6.07, 6.45) is 1.71. The number of aliphatic carboxylic acids is 1. The lowest BCUT2D eigenvalue weighted by Gasteiger charge is -2.05. The fourth-order valence-corrected chi connectivity index (χ4v) is 0.716. The average molecular weight is 197 g/mol. The van der Waals surface area contributed by atoms with E-state index in [-0.39, 0.29) is 6.04 Å². The minimum absolute atomic E-state index is 0.124. The van der Waals surface area contributed by atoms with Crippen LogP contribution in [0.3, 0.4) is 0 Å². The first-order valence-corrected chi connectivity index (χ1v) is 4.14. The molecule has 5 N–H and O–H groups in total. The average Bonchev–Trinajstić information content (AvgIpc) is 2.17. The third-order valence-electron chi connectivity index (χ3n) is 1.32. The molecule has 0 bridgehead atoms. The molecule has 5 heteroatoms. The van der Waals surface area contributed by atoms with Crippen LogP contribution in [0.4, 0.5) is 0 Å². The highest BCUT2D eigenvalue weighted by Gasteiger charge is 2.01. The summed E-state index contributed by atoms with van der Waals surface area (Å²) in [6.45, 7) is 1.52. The molecule has 78 valence electrons. The highest BCUT2D eigenvalue weighted by Crippen LogP contribution is 2.02. The first kappa shape index (κ1) is 12.5. The Kier molecular flexibility index (Phi) is 6.26. The van der Waals surface area contributed by atoms with Crippen LogP contribution in [0, 0.1) is 0 Å². The normalized spacial score (nSPS) is 11.1. The topological polar surface area (TPSA) is 102 Å². The molecule has 0 amide bonds. The Bertz CT molecular complexity index is 260. The highest BCUT2D eigenvalue weighted by atomic mass is 16.4. The van der Waals surface area contributed by atoms with Crippen LogP contribution in [0.5, 0.6) is 0 Å². The second kappa shape index (κ2) is 6.99. The number of aromatic nitrogens is 1. The van der Waals surface area contributed by atoms with Crippen molar-refractivity contribution in [3.05, 3.63) is 30.1 Å². The van der Waals surface area contributed by atoms with Gasteiger partial charge in [0.1, 0.15) is 0 Å². The van der Waals surface area contributed by atoms with Gasteiger partial charge in [0.25, 0.3) is 5.97 Å². The lowest BCUT2D eigenvalue weighted by atomic mass is 10.2. The van der Waals surface area contributed by atoms with Crippen LogP contribution in [0.25, 0.3) is 0 Å². The predicted molar refractivity (Wildman–Crippen MR) is 53.5 cm³/mol. The first-order valence-electron chi connectivity index (χ1n) is 4.14. The molecule has 0 aliphatic rings. The van der Waals surface area contributed by atoms with Crippen molar-refractivity contribution in [3.63, 3.8) is 0 Å². The van der Waals surface area contributed by atoms with Crippen molar-refractivity contribution in [2.45, 2.75) is 13.0 Å². The summed E-state index contributed by atoms with van der Waals surface area (Å²) in [4.78, 5) is 13.0. The molecule has 0 saturated carbocycles. The van der Waals surface area contributed by atoms with Crippen molar-refractivity contribution < 1.29 is 9.90 Å². The van der Waals surface area contributed by atoms with E-state index in [1.54, 1.807) is 6.20 Å². The predicted octanol–water partition coefficient (Wildman–Crippen LogP) is 0.131. The number of nitrogens with zero attached hydrogens (tertiary/aromatic N) is 1. The minimum Gasteiger partial charge on any atom is -0.481 e. The lowest BCUT2D eigenvalue weighted by Crippen LogP contribution is -2.21. The summed E-state index contributed by atoms with van der Waals surface area (Å²) in [7, 11) is 0. The summed E-state index contributed by atoms with van der Waals surface area (Å²) in [5, 5.41) is 7.42. The van der Waals surface area contributed by atoms with Gasteiger partial charge in [0.05, 0.1) is 11.7 Å². The van der Waals surface area contributed by atoms with E-state index in [0.29, 0.717) is 6.54 Å². The summed E-state index contributed by atoms with van der Waals surface area (Å²) in [5.41, 5.74) is 11.8. The molecule has 1 unspecified atom stereocenters. The van der Waals surface area contributed by atoms with Crippen LogP contribution in [0.2, 0.25) is 0 Å². The maximum absolute atomic E-state index is 9.00. The second-order valence-electron chi connectivity index (χ2n) is 2.62. The molecule has 1 rings (SSSR count). The van der Waals surface area contributed by atoms with Gasteiger partial charge in [-0.05, 0) is 12.1 Å². The number of carbonyl (C=O) groups is 1. The lowest BCUT2D eigenvalue weighted by molar-refractivity contribution is -0.134. The van der Waals surface area contributed by atoms with Gasteiger partial charge in [0, 0.05) is 19.7 Å². The zero-order chi connectivity index (χ0) is 11.0. The molecule has 0 spiro atoms. The molecule has 14 heavy (non-hydrogen) atoms. The maximum Gasteiger partial charge on any atom is 0.300 e. The van der Waals surface area contributed by atoms with Crippen LogP contribution in [0.1, 0.15) is 18.7 Å². The molecule has 1 heterocycles. The molecule has 0 aliphatic carbocycles. The summed E-state index contributed by atoms with van der Waals surface area (Å²) in [6, 6.07) is 5.50. The minimum atomic E-state index is -0.833. The summed E-state index contributed by atoms with van der Waals surface area (Å²) in [5.74, 6) is -0.833. The van der Waals surface area contributed by atoms with Gasteiger partial charge < -0.3 is 16.6 Å². The van der Waals surface area contributed by atoms with E-state index in [4.69, 9.17) is 21.4 Å². The van der Waals surface area contributed by atoms with Crippen LogP contribution in [-0.2, 0) is 4.79 Å². The standard InChI is InChI=1S/C7H11N3.C2H4O2/c8-5-6(9)7-3-1-2-4-10-7;1-2(3)4/h1-4,6H,5,8-9H2;1H3,(H,3,4). The van der Waals surface area contributed by atoms with Crippen molar-refractivity contribution in [3.8, 4) is 0 Å². The maximum atomic E-state index is 9.00. The number of nitrogens with two attached hydrogens (primary N) is 2. The van der Waals surface area contributed by atoms with Crippen molar-refractivity contribution in [1.82, 2.24) is 4.98 Å². The largest absolute Gasteiger partial charge is 0.481 e. The summed E-state index contributed by atoms with van der Waals surface area (Å²) >= 11 is 0. The van der Waals surface area contributed by atoms with Gasteiger partial charge in [-0.25, -0.2) is 0 Å². The fourth-order valence-electron chi connectivity index (χ4n) is 0.716. The third kappa shape index (κ3) is 6.10. The van der Waals surface area contributed by atoms with E-state index in [1.807, 2.05) is 18.2 Å². The van der Waals surface area contributed by atoms with Crippen LogP contribution in [-0.4, -0.2) is 22.6 Å². The number of rotatable bonds is 2. The van der Waals surface area contributed by atoms with Crippen LogP contribution >= 0.6 is 0 Å². The van der Waals surface area contributed by atoms with E-state index in [0.717, 1.165) is 12.6 Å². The second-order valence-corrected chi connectivity index (χ2v) is 2.62. The Labute approximate surface area is 82.8 Å². The van der Waals surface area contributed by atoms with Gasteiger partial charge in [-0.2, -0.15) is 0 Å². The van der Waals surface area contributed by atoms with E-state index < -0.39 is 5.97 Å². The zero-order valence-corrected chi connectivity index (χ0v) is 8.05. The molecular weight excluding hydrogens is 182 g/mol. The quantitative estimate of drug-likeness (QED) is 0.625. The van der Waals surface area contributed by atoms with Crippen LogP contribution in [0.15, 0.2) is 24.4 Å².